The molecule has 0 N–H and O–H groups in total. The Hall–Kier alpha value is -1.04. The van der Waals surface area contributed by atoms with Crippen molar-refractivity contribution in [2.45, 2.75) is 0 Å². The summed E-state index contributed by atoms with van der Waals surface area (Å²) in [7, 11) is 4.35. The first kappa shape index (κ1) is 10.0. The zero-order chi connectivity index (χ0) is 10.2. The van der Waals surface area contributed by atoms with Crippen LogP contribution < -0.4 is 16.0 Å². The molecule has 0 saturated carbocycles. The lowest BCUT2D eigenvalue weighted by atomic mass is 10.6. The highest BCUT2D eigenvalue weighted by Gasteiger charge is 2.12. The fourth-order valence-electron chi connectivity index (χ4n) is 1.01. The largest absolute Gasteiger partial charge is 0.481 e. The van der Waals surface area contributed by atoms with E-state index < -0.39 is 11.2 Å². The number of rotatable bonds is 1. The number of hydrogen-bond acceptors (Lipinski definition) is 3. The van der Waals surface area contributed by atoms with Crippen molar-refractivity contribution in [3.8, 4) is 5.88 Å². The first-order valence-electron chi connectivity index (χ1n) is 3.50. The number of methoxy groups -OCH3 is 1. The number of halogens is 1. The molecular weight excluding hydrogens is 240 g/mol. The van der Waals surface area contributed by atoms with Crippen molar-refractivity contribution >= 4 is 15.9 Å². The molecule has 0 bridgehead atoms. The van der Waals surface area contributed by atoms with Gasteiger partial charge in [-0.2, -0.15) is 0 Å². The van der Waals surface area contributed by atoms with Crippen LogP contribution in [0.2, 0.25) is 0 Å². The van der Waals surface area contributed by atoms with Crippen LogP contribution in [0.1, 0.15) is 0 Å². The number of nitrogens with zero attached hydrogens (tertiary/aromatic N) is 2. The summed E-state index contributed by atoms with van der Waals surface area (Å²) in [6, 6.07) is 0. The lowest BCUT2D eigenvalue weighted by molar-refractivity contribution is 0.364. The van der Waals surface area contributed by atoms with E-state index in [1.807, 2.05) is 0 Å². The van der Waals surface area contributed by atoms with Crippen LogP contribution in [0.3, 0.4) is 0 Å². The van der Waals surface area contributed by atoms with Gasteiger partial charge in [-0.15, -0.1) is 0 Å². The van der Waals surface area contributed by atoms with Crippen molar-refractivity contribution in [1.82, 2.24) is 9.13 Å². The van der Waals surface area contributed by atoms with Crippen molar-refractivity contribution in [2.75, 3.05) is 7.11 Å². The highest BCUT2D eigenvalue weighted by molar-refractivity contribution is 9.10. The Morgan fingerprint density at radius 3 is 2.23 bits per heavy atom. The highest BCUT2D eigenvalue weighted by atomic mass is 79.9. The van der Waals surface area contributed by atoms with Gasteiger partial charge in [0.15, 0.2) is 0 Å². The first-order chi connectivity index (χ1) is 6.00. The molecule has 0 saturated heterocycles. The van der Waals surface area contributed by atoms with E-state index in [0.717, 1.165) is 4.57 Å². The Bertz CT molecular complexity index is 409. The van der Waals surface area contributed by atoms with Crippen molar-refractivity contribution in [3.05, 3.63) is 25.3 Å². The zero-order valence-electron chi connectivity index (χ0n) is 7.50. The summed E-state index contributed by atoms with van der Waals surface area (Å²) in [6.07, 6.45) is 0. The summed E-state index contributed by atoms with van der Waals surface area (Å²) < 4.78 is 7.41. The molecule has 13 heavy (non-hydrogen) atoms. The van der Waals surface area contributed by atoms with Crippen LogP contribution in [0, 0.1) is 0 Å². The quantitative estimate of drug-likeness (QED) is 0.695. The maximum absolute atomic E-state index is 11.3. The molecule has 72 valence electrons. The van der Waals surface area contributed by atoms with Gasteiger partial charge in [0.2, 0.25) is 5.88 Å². The topological polar surface area (TPSA) is 53.2 Å². The second-order valence-electron chi connectivity index (χ2n) is 2.53. The first-order valence-corrected chi connectivity index (χ1v) is 4.29. The summed E-state index contributed by atoms with van der Waals surface area (Å²) in [4.78, 5) is 22.7. The molecule has 0 radical (unpaired) electrons. The third-order valence-corrected chi connectivity index (χ3v) is 2.43. The van der Waals surface area contributed by atoms with Crippen LogP contribution >= 0.6 is 15.9 Å². The molecule has 1 aromatic rings. The van der Waals surface area contributed by atoms with E-state index in [-0.39, 0.29) is 10.4 Å². The van der Waals surface area contributed by atoms with Crippen LogP contribution in [0.5, 0.6) is 5.88 Å². The summed E-state index contributed by atoms with van der Waals surface area (Å²) in [5, 5.41) is 0. The minimum Gasteiger partial charge on any atom is -0.481 e. The summed E-state index contributed by atoms with van der Waals surface area (Å²) in [5.74, 6) is 0.230. The van der Waals surface area contributed by atoms with Crippen molar-refractivity contribution in [1.29, 1.82) is 0 Å². The number of ether oxygens (including phenoxy) is 1. The maximum atomic E-state index is 11.3. The molecular formula is C7H9BrN2O3. The average molecular weight is 249 g/mol. The summed E-state index contributed by atoms with van der Waals surface area (Å²) in [6.45, 7) is 0. The smallest absolute Gasteiger partial charge is 0.333 e. The lowest BCUT2D eigenvalue weighted by Gasteiger charge is -2.09. The lowest BCUT2D eigenvalue weighted by Crippen LogP contribution is -2.37. The van der Waals surface area contributed by atoms with Gasteiger partial charge in [0.05, 0.1) is 7.11 Å². The molecule has 0 aliphatic heterocycles. The molecule has 0 aliphatic carbocycles. The van der Waals surface area contributed by atoms with Crippen LogP contribution in [-0.2, 0) is 14.1 Å². The fraction of sp³-hybridized carbons (Fsp3) is 0.429. The van der Waals surface area contributed by atoms with Crippen LogP contribution in [-0.4, -0.2) is 16.2 Å². The van der Waals surface area contributed by atoms with E-state index in [1.165, 1.54) is 25.8 Å². The van der Waals surface area contributed by atoms with E-state index in [1.54, 1.807) is 0 Å². The van der Waals surface area contributed by atoms with Crippen LogP contribution in [0.15, 0.2) is 14.1 Å². The summed E-state index contributed by atoms with van der Waals surface area (Å²) >= 11 is 3.06. The Morgan fingerprint density at radius 1 is 1.23 bits per heavy atom. The van der Waals surface area contributed by atoms with Gasteiger partial charge in [-0.1, -0.05) is 0 Å². The van der Waals surface area contributed by atoms with E-state index in [9.17, 15) is 9.59 Å². The minimum atomic E-state index is -0.412. The Kier molecular flexibility index (Phi) is 2.60. The number of hydrogen-bond donors (Lipinski definition) is 0. The molecule has 1 heterocycles. The molecule has 5 nitrogen and oxygen atoms in total. The van der Waals surface area contributed by atoms with Crippen molar-refractivity contribution < 1.29 is 4.74 Å². The third-order valence-electron chi connectivity index (χ3n) is 1.75. The Balaban J connectivity index is 3.78. The van der Waals surface area contributed by atoms with Crippen LogP contribution in [0.25, 0.3) is 0 Å². The standard InChI is InChI=1S/C7H9BrN2O3/c1-9-5(11)4(8)6(13-3)10(2)7(9)12/h1-3H3. The molecule has 0 aliphatic rings. The Morgan fingerprint density at radius 2 is 1.77 bits per heavy atom. The molecule has 0 fully saturated rings. The van der Waals surface area contributed by atoms with Gasteiger partial charge in [-0.05, 0) is 15.9 Å². The maximum Gasteiger partial charge on any atom is 0.333 e. The highest BCUT2D eigenvalue weighted by Crippen LogP contribution is 2.16. The van der Waals surface area contributed by atoms with E-state index in [2.05, 4.69) is 15.9 Å². The van der Waals surface area contributed by atoms with Crippen molar-refractivity contribution in [2.24, 2.45) is 14.1 Å². The number of aromatic nitrogens is 2. The van der Waals surface area contributed by atoms with E-state index in [4.69, 9.17) is 4.74 Å². The van der Waals surface area contributed by atoms with Gasteiger partial charge < -0.3 is 4.74 Å². The van der Waals surface area contributed by atoms with E-state index >= 15 is 0 Å². The minimum absolute atomic E-state index is 0.230. The molecule has 1 aromatic heterocycles. The van der Waals surface area contributed by atoms with Gasteiger partial charge in [0.25, 0.3) is 5.56 Å². The monoisotopic (exact) mass is 248 g/mol. The molecule has 0 unspecified atom stereocenters. The van der Waals surface area contributed by atoms with Gasteiger partial charge in [-0.25, -0.2) is 4.79 Å². The Labute approximate surface area is 82.7 Å². The molecule has 0 aromatic carbocycles. The predicted octanol–water partition coefficient (Wildman–Crippen LogP) is -0.145. The van der Waals surface area contributed by atoms with Gasteiger partial charge >= 0.3 is 5.69 Å². The summed E-state index contributed by atoms with van der Waals surface area (Å²) in [5.41, 5.74) is -0.815. The average Bonchev–Trinajstić information content (AvgIpc) is 2.13. The van der Waals surface area contributed by atoms with Gasteiger partial charge in [0.1, 0.15) is 4.47 Å². The SMILES string of the molecule is COc1c(Br)c(=O)n(C)c(=O)n1C. The molecule has 6 heteroatoms. The van der Waals surface area contributed by atoms with Gasteiger partial charge in [-0.3, -0.25) is 13.9 Å². The normalized spacial score (nSPS) is 10.2. The molecule has 0 atom stereocenters. The third kappa shape index (κ3) is 1.41. The predicted molar refractivity (Wildman–Crippen MR) is 51.2 cm³/mol. The van der Waals surface area contributed by atoms with Crippen LogP contribution in [0.4, 0.5) is 0 Å². The molecule has 0 spiro atoms. The van der Waals surface area contributed by atoms with E-state index in [0.29, 0.717) is 0 Å². The van der Waals surface area contributed by atoms with Crippen molar-refractivity contribution in [3.63, 3.8) is 0 Å². The zero-order valence-corrected chi connectivity index (χ0v) is 9.08. The second kappa shape index (κ2) is 3.37. The fourth-order valence-corrected chi connectivity index (χ4v) is 1.71. The van der Waals surface area contributed by atoms with Gasteiger partial charge in [0, 0.05) is 14.1 Å². The molecule has 0 amide bonds. The molecule has 1 rings (SSSR count). The second-order valence-corrected chi connectivity index (χ2v) is 3.32.